The third-order valence-electron chi connectivity index (χ3n) is 3.82. The van der Waals surface area contributed by atoms with Crippen LogP contribution in [-0.2, 0) is 14.3 Å². The van der Waals surface area contributed by atoms with E-state index in [4.69, 9.17) is 9.47 Å². The van der Waals surface area contributed by atoms with Crippen LogP contribution >= 0.6 is 0 Å². The van der Waals surface area contributed by atoms with Gasteiger partial charge < -0.3 is 14.8 Å². The lowest BCUT2D eigenvalue weighted by atomic mass is 10.1. The Morgan fingerprint density at radius 2 is 1.86 bits per heavy atom. The molecule has 2 aromatic rings. The number of imide groups is 1. The van der Waals surface area contributed by atoms with Gasteiger partial charge in [0.25, 0.3) is 5.91 Å². The summed E-state index contributed by atoms with van der Waals surface area (Å²) in [7, 11) is 1.35. The van der Waals surface area contributed by atoms with Crippen LogP contribution < -0.4 is 15.4 Å². The van der Waals surface area contributed by atoms with E-state index < -0.39 is 30.3 Å². The molecule has 3 amide bonds. The molecule has 8 heteroatoms. The van der Waals surface area contributed by atoms with Crippen LogP contribution in [0.15, 0.2) is 42.5 Å². The van der Waals surface area contributed by atoms with Crippen molar-refractivity contribution in [1.29, 1.82) is 0 Å². The number of hydrogen-bond donors (Lipinski definition) is 2. The summed E-state index contributed by atoms with van der Waals surface area (Å²) >= 11 is 0. The van der Waals surface area contributed by atoms with Crippen LogP contribution in [0.1, 0.15) is 16.7 Å². The van der Waals surface area contributed by atoms with Crippen molar-refractivity contribution in [3.63, 3.8) is 0 Å². The highest BCUT2D eigenvalue weighted by atomic mass is 19.1. The van der Waals surface area contributed by atoms with E-state index >= 15 is 0 Å². The Hall–Kier alpha value is -3.68. The van der Waals surface area contributed by atoms with E-state index in [-0.39, 0.29) is 5.75 Å². The third kappa shape index (κ3) is 6.76. The molecule has 0 spiro atoms. The lowest BCUT2D eigenvalue weighted by molar-refractivity contribution is -0.143. The Balaban J connectivity index is 1.79. The van der Waals surface area contributed by atoms with Crippen molar-refractivity contribution in [2.24, 2.45) is 0 Å². The minimum atomic E-state index is -0.814. The number of carbonyl (C=O) groups excluding carboxylic acids is 3. The van der Waals surface area contributed by atoms with Crippen molar-refractivity contribution >= 4 is 29.7 Å². The third-order valence-corrected chi connectivity index (χ3v) is 3.82. The summed E-state index contributed by atoms with van der Waals surface area (Å²) in [6.07, 6.45) is 2.37. The van der Waals surface area contributed by atoms with E-state index in [0.29, 0.717) is 11.3 Å². The van der Waals surface area contributed by atoms with Gasteiger partial charge in [-0.15, -0.1) is 0 Å². The Bertz CT molecular complexity index is 956. The number of methoxy groups -OCH3 is 1. The summed E-state index contributed by atoms with van der Waals surface area (Å²) in [5, 5.41) is 4.61. The van der Waals surface area contributed by atoms with Crippen LogP contribution in [-0.4, -0.2) is 31.6 Å². The number of nitrogens with one attached hydrogen (secondary N) is 2. The zero-order valence-electron chi connectivity index (χ0n) is 16.2. The maximum atomic E-state index is 13.6. The van der Waals surface area contributed by atoms with Gasteiger partial charge in [-0.05, 0) is 49.2 Å². The molecule has 0 aliphatic heterocycles. The number of rotatable bonds is 6. The molecule has 0 radical (unpaired) electrons. The summed E-state index contributed by atoms with van der Waals surface area (Å²) in [4.78, 5) is 35.3. The zero-order chi connectivity index (χ0) is 21.4. The SMILES string of the molecule is COc1ccc(/C=C/C(=O)OCC(=O)NC(=O)Nc2ccc(C)cc2C)cc1F. The van der Waals surface area contributed by atoms with Gasteiger partial charge in [-0.2, -0.15) is 0 Å². The van der Waals surface area contributed by atoms with E-state index in [1.807, 2.05) is 26.0 Å². The second kappa shape index (κ2) is 10.0. The van der Waals surface area contributed by atoms with Crippen molar-refractivity contribution in [1.82, 2.24) is 5.32 Å². The number of benzene rings is 2. The second-order valence-electron chi connectivity index (χ2n) is 6.16. The lowest BCUT2D eigenvalue weighted by Crippen LogP contribution is -2.37. The lowest BCUT2D eigenvalue weighted by Gasteiger charge is -2.09. The molecular formula is C21H21FN2O5. The van der Waals surface area contributed by atoms with Crippen molar-refractivity contribution in [2.45, 2.75) is 13.8 Å². The van der Waals surface area contributed by atoms with Crippen molar-refractivity contribution in [3.8, 4) is 5.75 Å². The smallest absolute Gasteiger partial charge is 0.331 e. The first-order chi connectivity index (χ1) is 13.8. The molecule has 0 aromatic heterocycles. The molecule has 0 atom stereocenters. The molecule has 2 N–H and O–H groups in total. The molecule has 0 aliphatic carbocycles. The zero-order valence-corrected chi connectivity index (χ0v) is 16.2. The van der Waals surface area contributed by atoms with Gasteiger partial charge in [0.15, 0.2) is 18.2 Å². The molecule has 7 nitrogen and oxygen atoms in total. The molecule has 2 aromatic carbocycles. The second-order valence-corrected chi connectivity index (χ2v) is 6.16. The fourth-order valence-corrected chi connectivity index (χ4v) is 2.41. The van der Waals surface area contributed by atoms with E-state index in [1.165, 1.54) is 25.3 Å². The monoisotopic (exact) mass is 400 g/mol. The van der Waals surface area contributed by atoms with Crippen LogP contribution in [0.25, 0.3) is 6.08 Å². The standard InChI is InChI=1S/C21H21FN2O5/c1-13-4-7-17(14(2)10-13)23-21(27)24-19(25)12-29-20(26)9-6-15-5-8-18(28-3)16(22)11-15/h4-11H,12H2,1-3H3,(H2,23,24,25,27)/b9-6+. The number of esters is 1. The molecule has 0 saturated heterocycles. The van der Waals surface area contributed by atoms with Crippen LogP contribution in [0.3, 0.4) is 0 Å². The number of hydrogen-bond acceptors (Lipinski definition) is 5. The largest absolute Gasteiger partial charge is 0.494 e. The quantitative estimate of drug-likeness (QED) is 0.573. The topological polar surface area (TPSA) is 93.7 Å². The fraction of sp³-hybridized carbons (Fsp3) is 0.190. The minimum Gasteiger partial charge on any atom is -0.494 e. The van der Waals surface area contributed by atoms with Crippen LogP contribution in [0.5, 0.6) is 5.75 Å². The van der Waals surface area contributed by atoms with Gasteiger partial charge in [-0.25, -0.2) is 14.0 Å². The molecule has 0 unspecified atom stereocenters. The van der Waals surface area contributed by atoms with Gasteiger partial charge in [-0.1, -0.05) is 23.8 Å². The van der Waals surface area contributed by atoms with Crippen molar-refractivity contribution < 1.29 is 28.2 Å². The maximum Gasteiger partial charge on any atom is 0.331 e. The van der Waals surface area contributed by atoms with Gasteiger partial charge in [0.05, 0.1) is 7.11 Å². The normalized spacial score (nSPS) is 10.5. The number of halogens is 1. The van der Waals surface area contributed by atoms with Crippen LogP contribution in [0.4, 0.5) is 14.9 Å². The highest BCUT2D eigenvalue weighted by Crippen LogP contribution is 2.18. The first-order valence-corrected chi connectivity index (χ1v) is 8.65. The molecule has 29 heavy (non-hydrogen) atoms. The highest BCUT2D eigenvalue weighted by Gasteiger charge is 2.11. The molecule has 2 rings (SSSR count). The highest BCUT2D eigenvalue weighted by molar-refractivity contribution is 6.02. The number of anilines is 1. The summed E-state index contributed by atoms with van der Waals surface area (Å²) < 4.78 is 23.1. The summed E-state index contributed by atoms with van der Waals surface area (Å²) in [6.45, 7) is 3.11. The van der Waals surface area contributed by atoms with Crippen molar-refractivity contribution in [3.05, 3.63) is 65.0 Å². The molecule has 0 bridgehead atoms. The number of ether oxygens (including phenoxy) is 2. The van der Waals surface area contributed by atoms with Gasteiger partial charge in [0, 0.05) is 11.8 Å². The Morgan fingerprint density at radius 1 is 1.10 bits per heavy atom. The first-order valence-electron chi connectivity index (χ1n) is 8.65. The van der Waals surface area contributed by atoms with E-state index in [9.17, 15) is 18.8 Å². The van der Waals surface area contributed by atoms with Crippen LogP contribution in [0, 0.1) is 19.7 Å². The summed E-state index contributed by atoms with van der Waals surface area (Å²) in [5.41, 5.74) is 2.87. The Labute approximate surface area is 167 Å². The number of urea groups is 1. The predicted octanol–water partition coefficient (Wildman–Crippen LogP) is 3.36. The molecule has 0 saturated carbocycles. The average molecular weight is 400 g/mol. The van der Waals surface area contributed by atoms with Gasteiger partial charge in [0.1, 0.15) is 0 Å². The van der Waals surface area contributed by atoms with E-state index in [0.717, 1.165) is 17.2 Å². The number of amides is 3. The molecule has 0 heterocycles. The fourth-order valence-electron chi connectivity index (χ4n) is 2.41. The Morgan fingerprint density at radius 3 is 2.52 bits per heavy atom. The van der Waals surface area contributed by atoms with E-state index in [1.54, 1.807) is 12.1 Å². The molecule has 152 valence electrons. The Kier molecular flexibility index (Phi) is 7.47. The van der Waals surface area contributed by atoms with Gasteiger partial charge in [0.2, 0.25) is 0 Å². The number of aryl methyl sites for hydroxylation is 2. The molecule has 0 aliphatic rings. The first kappa shape index (κ1) is 21.6. The number of carbonyl (C=O) groups is 3. The molecule has 0 fully saturated rings. The predicted molar refractivity (Wildman–Crippen MR) is 106 cm³/mol. The average Bonchev–Trinajstić information content (AvgIpc) is 2.67. The summed E-state index contributed by atoms with van der Waals surface area (Å²) in [5.74, 6) is -2.09. The van der Waals surface area contributed by atoms with E-state index in [2.05, 4.69) is 10.6 Å². The molecular weight excluding hydrogens is 379 g/mol. The minimum absolute atomic E-state index is 0.0838. The van der Waals surface area contributed by atoms with Crippen molar-refractivity contribution in [2.75, 3.05) is 19.0 Å². The van der Waals surface area contributed by atoms with Crippen LogP contribution in [0.2, 0.25) is 0 Å². The van der Waals surface area contributed by atoms with Gasteiger partial charge >= 0.3 is 12.0 Å². The maximum absolute atomic E-state index is 13.6. The summed E-state index contributed by atoms with van der Waals surface area (Å²) in [6, 6.07) is 8.86. The van der Waals surface area contributed by atoms with Gasteiger partial charge in [-0.3, -0.25) is 10.1 Å².